The van der Waals surface area contributed by atoms with Crippen molar-refractivity contribution in [3.8, 4) is 0 Å². The van der Waals surface area contributed by atoms with Crippen molar-refractivity contribution >= 4 is 5.91 Å². The second kappa shape index (κ2) is 9.19. The minimum atomic E-state index is -0.237. The first-order valence-electron chi connectivity index (χ1n) is 8.97. The highest BCUT2D eigenvalue weighted by Gasteiger charge is 2.32. The minimum absolute atomic E-state index is 0.00363. The van der Waals surface area contributed by atoms with Gasteiger partial charge in [-0.2, -0.15) is 0 Å². The van der Waals surface area contributed by atoms with Crippen LogP contribution >= 0.6 is 0 Å². The predicted molar refractivity (Wildman–Crippen MR) is 102 cm³/mol. The van der Waals surface area contributed by atoms with Crippen LogP contribution in [0.2, 0.25) is 0 Å². The molecule has 24 heavy (non-hydrogen) atoms. The SMILES string of the molecule is CCN(CC)[C@H](C(=O)N[C@H](C)C(C)(C)CN(C)C)c1ccccc1. The topological polar surface area (TPSA) is 35.6 Å². The van der Waals surface area contributed by atoms with Crippen molar-refractivity contribution in [3.05, 3.63) is 35.9 Å². The van der Waals surface area contributed by atoms with Gasteiger partial charge in [-0.3, -0.25) is 9.69 Å². The Morgan fingerprint density at radius 2 is 1.67 bits per heavy atom. The van der Waals surface area contributed by atoms with Gasteiger partial charge in [-0.25, -0.2) is 0 Å². The van der Waals surface area contributed by atoms with Gasteiger partial charge in [0.2, 0.25) is 5.91 Å². The van der Waals surface area contributed by atoms with E-state index in [1.807, 2.05) is 30.3 Å². The van der Waals surface area contributed by atoms with Crippen molar-refractivity contribution in [2.75, 3.05) is 33.7 Å². The van der Waals surface area contributed by atoms with Crippen molar-refractivity contribution in [3.63, 3.8) is 0 Å². The molecule has 136 valence electrons. The summed E-state index contributed by atoms with van der Waals surface area (Å²) < 4.78 is 0. The van der Waals surface area contributed by atoms with E-state index in [2.05, 4.69) is 63.8 Å². The van der Waals surface area contributed by atoms with Crippen molar-refractivity contribution in [2.45, 2.75) is 46.7 Å². The molecule has 0 bridgehead atoms. The lowest BCUT2D eigenvalue weighted by molar-refractivity contribution is -0.128. The van der Waals surface area contributed by atoms with E-state index in [0.29, 0.717) is 0 Å². The molecule has 2 atom stereocenters. The number of amides is 1. The first-order valence-corrected chi connectivity index (χ1v) is 8.97. The summed E-state index contributed by atoms with van der Waals surface area (Å²) in [6.45, 7) is 13.3. The maximum atomic E-state index is 13.1. The number of nitrogens with zero attached hydrogens (tertiary/aromatic N) is 2. The largest absolute Gasteiger partial charge is 0.351 e. The van der Waals surface area contributed by atoms with Gasteiger partial charge < -0.3 is 10.2 Å². The Hall–Kier alpha value is -1.39. The van der Waals surface area contributed by atoms with Crippen LogP contribution in [0.4, 0.5) is 0 Å². The second-order valence-electron chi connectivity index (χ2n) is 7.49. The molecule has 0 fully saturated rings. The average Bonchev–Trinajstić information content (AvgIpc) is 2.51. The highest BCUT2D eigenvalue weighted by atomic mass is 16.2. The average molecular weight is 334 g/mol. The predicted octanol–water partition coefficient (Wildman–Crippen LogP) is 3.16. The van der Waals surface area contributed by atoms with Crippen LogP contribution in [0.25, 0.3) is 0 Å². The molecule has 4 nitrogen and oxygen atoms in total. The van der Waals surface area contributed by atoms with Crippen LogP contribution in [0.1, 0.15) is 46.2 Å². The van der Waals surface area contributed by atoms with Gasteiger partial charge in [0.25, 0.3) is 0 Å². The molecule has 0 aromatic heterocycles. The van der Waals surface area contributed by atoms with E-state index in [4.69, 9.17) is 0 Å². The van der Waals surface area contributed by atoms with Gasteiger partial charge in [0.05, 0.1) is 0 Å². The molecule has 0 heterocycles. The van der Waals surface area contributed by atoms with Crippen molar-refractivity contribution < 1.29 is 4.79 Å². The first kappa shape index (κ1) is 20.7. The molecule has 0 unspecified atom stereocenters. The van der Waals surface area contributed by atoms with Gasteiger partial charge in [-0.05, 0) is 45.1 Å². The van der Waals surface area contributed by atoms with E-state index < -0.39 is 0 Å². The van der Waals surface area contributed by atoms with Crippen LogP contribution < -0.4 is 5.32 Å². The van der Waals surface area contributed by atoms with E-state index in [1.165, 1.54) is 0 Å². The molecule has 0 aliphatic rings. The third-order valence-corrected chi connectivity index (χ3v) is 4.80. The molecule has 0 saturated carbocycles. The fourth-order valence-electron chi connectivity index (χ4n) is 3.19. The van der Waals surface area contributed by atoms with Gasteiger partial charge in [0.1, 0.15) is 6.04 Å². The summed E-state index contributed by atoms with van der Waals surface area (Å²) in [6.07, 6.45) is 0. The number of hydrogen-bond acceptors (Lipinski definition) is 3. The summed E-state index contributed by atoms with van der Waals surface area (Å²) in [4.78, 5) is 17.5. The van der Waals surface area contributed by atoms with Crippen LogP contribution in [0.3, 0.4) is 0 Å². The molecule has 4 heteroatoms. The third-order valence-electron chi connectivity index (χ3n) is 4.80. The summed E-state index contributed by atoms with van der Waals surface area (Å²) in [5, 5.41) is 3.27. The maximum absolute atomic E-state index is 13.1. The van der Waals surface area contributed by atoms with Gasteiger partial charge in [0.15, 0.2) is 0 Å². The van der Waals surface area contributed by atoms with Gasteiger partial charge in [0, 0.05) is 12.6 Å². The van der Waals surface area contributed by atoms with Crippen LogP contribution in [-0.2, 0) is 4.79 Å². The lowest BCUT2D eigenvalue weighted by Crippen LogP contribution is -2.50. The first-order chi connectivity index (χ1) is 11.2. The number of likely N-dealkylation sites (N-methyl/N-ethyl adjacent to an activating group) is 1. The summed E-state index contributed by atoms with van der Waals surface area (Å²) in [6, 6.07) is 9.92. The normalized spacial score (nSPS) is 14.7. The standard InChI is InChI=1S/C20H35N3O/c1-8-23(9-2)18(17-13-11-10-12-14-17)19(24)21-16(3)20(4,5)15-22(6)7/h10-14,16,18H,8-9,15H2,1-7H3,(H,21,24)/t16-,18+/m1/s1. The number of benzene rings is 1. The van der Waals surface area contributed by atoms with Crippen LogP contribution in [0.15, 0.2) is 30.3 Å². The molecule has 1 N–H and O–H groups in total. The molecule has 0 spiro atoms. The molecule has 0 aliphatic carbocycles. The Kier molecular flexibility index (Phi) is 7.91. The van der Waals surface area contributed by atoms with Crippen LogP contribution in [-0.4, -0.2) is 55.5 Å². The number of rotatable bonds is 9. The molecule has 0 radical (unpaired) electrons. The zero-order valence-corrected chi connectivity index (χ0v) is 16.5. The summed E-state index contributed by atoms with van der Waals surface area (Å²) >= 11 is 0. The Morgan fingerprint density at radius 1 is 1.12 bits per heavy atom. The highest BCUT2D eigenvalue weighted by Crippen LogP contribution is 2.25. The fourth-order valence-corrected chi connectivity index (χ4v) is 3.19. The fraction of sp³-hybridized carbons (Fsp3) is 0.650. The molecule has 0 aliphatic heterocycles. The maximum Gasteiger partial charge on any atom is 0.242 e. The van der Waals surface area contributed by atoms with Crippen molar-refractivity contribution in [2.24, 2.45) is 5.41 Å². The molecular formula is C20H35N3O. The molecule has 0 saturated heterocycles. The minimum Gasteiger partial charge on any atom is -0.351 e. The quantitative estimate of drug-likeness (QED) is 0.754. The lowest BCUT2D eigenvalue weighted by atomic mass is 9.84. The van der Waals surface area contributed by atoms with Gasteiger partial charge >= 0.3 is 0 Å². The van der Waals surface area contributed by atoms with E-state index in [-0.39, 0.29) is 23.4 Å². The number of nitrogens with one attached hydrogen (secondary N) is 1. The zero-order valence-electron chi connectivity index (χ0n) is 16.5. The van der Waals surface area contributed by atoms with Crippen LogP contribution in [0, 0.1) is 5.41 Å². The van der Waals surface area contributed by atoms with Gasteiger partial charge in [-0.1, -0.05) is 58.0 Å². The summed E-state index contributed by atoms with van der Waals surface area (Å²) in [7, 11) is 4.14. The molecule has 1 aromatic carbocycles. The Balaban J connectivity index is 2.97. The number of carbonyl (C=O) groups is 1. The van der Waals surface area contributed by atoms with E-state index >= 15 is 0 Å². The van der Waals surface area contributed by atoms with Crippen molar-refractivity contribution in [1.82, 2.24) is 15.1 Å². The van der Waals surface area contributed by atoms with E-state index in [9.17, 15) is 4.79 Å². The van der Waals surface area contributed by atoms with Crippen molar-refractivity contribution in [1.29, 1.82) is 0 Å². The van der Waals surface area contributed by atoms with E-state index in [1.54, 1.807) is 0 Å². The smallest absolute Gasteiger partial charge is 0.242 e. The molecule has 1 amide bonds. The zero-order chi connectivity index (χ0) is 18.3. The number of carbonyl (C=O) groups excluding carboxylic acids is 1. The lowest BCUT2D eigenvalue weighted by Gasteiger charge is -2.37. The Labute approximate surface area is 148 Å². The Bertz CT molecular complexity index is 495. The highest BCUT2D eigenvalue weighted by molar-refractivity contribution is 5.83. The molecular weight excluding hydrogens is 298 g/mol. The summed E-state index contributed by atoms with van der Waals surface area (Å²) in [5.74, 6) is 0.0873. The monoisotopic (exact) mass is 333 g/mol. The summed E-state index contributed by atoms with van der Waals surface area (Å²) in [5.41, 5.74) is 1.06. The third kappa shape index (κ3) is 5.60. The molecule has 1 aromatic rings. The Morgan fingerprint density at radius 3 is 2.12 bits per heavy atom. The van der Waals surface area contributed by atoms with Gasteiger partial charge in [-0.15, -0.1) is 0 Å². The van der Waals surface area contributed by atoms with E-state index in [0.717, 1.165) is 25.2 Å². The second-order valence-corrected chi connectivity index (χ2v) is 7.49. The molecule has 1 rings (SSSR count). The van der Waals surface area contributed by atoms with Crippen LogP contribution in [0.5, 0.6) is 0 Å². The number of hydrogen-bond donors (Lipinski definition) is 1.